The van der Waals surface area contributed by atoms with Crippen LogP contribution in [0.4, 0.5) is 5.69 Å². The number of hydrogen-bond acceptors (Lipinski definition) is 2. The van der Waals surface area contributed by atoms with Gasteiger partial charge in [-0.2, -0.15) is 0 Å². The minimum atomic E-state index is 0.627. The van der Waals surface area contributed by atoms with Crippen molar-refractivity contribution in [1.29, 1.82) is 0 Å². The fourth-order valence-electron chi connectivity index (χ4n) is 2.69. The van der Waals surface area contributed by atoms with E-state index in [4.69, 9.17) is 4.74 Å². The molecule has 0 amide bonds. The average molecular weight is 203 g/mol. The van der Waals surface area contributed by atoms with Crippen LogP contribution in [0.25, 0.3) is 0 Å². The number of ether oxygens (including phenoxy) is 1. The van der Waals surface area contributed by atoms with E-state index >= 15 is 0 Å². The number of aryl methyl sites for hydroxylation is 1. The molecule has 2 aliphatic heterocycles. The largest absolute Gasteiger partial charge is 0.382 e. The molecule has 1 fully saturated rings. The van der Waals surface area contributed by atoms with Crippen molar-refractivity contribution in [3.05, 3.63) is 29.8 Å². The molecular weight excluding hydrogens is 186 g/mol. The number of anilines is 1. The lowest BCUT2D eigenvalue weighted by molar-refractivity contribution is 0.181. The summed E-state index contributed by atoms with van der Waals surface area (Å²) in [6.07, 6.45) is 3.69. The molecule has 2 nitrogen and oxygen atoms in total. The van der Waals surface area contributed by atoms with E-state index in [1.807, 2.05) is 0 Å². The third kappa shape index (κ3) is 1.74. The summed E-state index contributed by atoms with van der Waals surface area (Å²) in [6, 6.07) is 9.28. The highest BCUT2D eigenvalue weighted by Gasteiger charge is 2.28. The maximum absolute atomic E-state index is 5.46. The van der Waals surface area contributed by atoms with Crippen molar-refractivity contribution in [2.75, 3.05) is 18.5 Å². The minimum Gasteiger partial charge on any atom is -0.382 e. The van der Waals surface area contributed by atoms with E-state index in [1.54, 1.807) is 0 Å². The first-order chi connectivity index (χ1) is 7.43. The van der Waals surface area contributed by atoms with Crippen molar-refractivity contribution in [2.24, 2.45) is 5.92 Å². The van der Waals surface area contributed by atoms with Crippen molar-refractivity contribution < 1.29 is 4.74 Å². The Labute approximate surface area is 90.6 Å². The maximum Gasteiger partial charge on any atom is 0.0514 e. The molecule has 2 unspecified atom stereocenters. The average Bonchev–Trinajstić information content (AvgIpc) is 2.82. The van der Waals surface area contributed by atoms with Crippen LogP contribution in [-0.2, 0) is 11.2 Å². The van der Waals surface area contributed by atoms with E-state index < -0.39 is 0 Å². The zero-order valence-electron chi connectivity index (χ0n) is 8.91. The lowest BCUT2D eigenvalue weighted by Crippen LogP contribution is -2.33. The van der Waals surface area contributed by atoms with E-state index in [-0.39, 0.29) is 0 Å². The molecule has 2 aliphatic rings. The van der Waals surface area contributed by atoms with Gasteiger partial charge in [-0.3, -0.25) is 0 Å². The van der Waals surface area contributed by atoms with Gasteiger partial charge in [0.15, 0.2) is 0 Å². The Morgan fingerprint density at radius 1 is 1.20 bits per heavy atom. The van der Waals surface area contributed by atoms with Gasteiger partial charge >= 0.3 is 0 Å². The fourth-order valence-corrected chi connectivity index (χ4v) is 2.69. The Morgan fingerprint density at radius 3 is 3.00 bits per heavy atom. The Hall–Kier alpha value is -1.02. The summed E-state index contributed by atoms with van der Waals surface area (Å²) in [6.45, 7) is 1.89. The van der Waals surface area contributed by atoms with Gasteiger partial charge in [-0.15, -0.1) is 0 Å². The molecule has 0 aromatic heterocycles. The molecular formula is C13H17NO. The van der Waals surface area contributed by atoms with Gasteiger partial charge < -0.3 is 10.1 Å². The smallest absolute Gasteiger partial charge is 0.0514 e. The van der Waals surface area contributed by atoms with Crippen LogP contribution in [0.15, 0.2) is 24.3 Å². The molecule has 2 atom stereocenters. The molecule has 1 N–H and O–H groups in total. The third-order valence-corrected chi connectivity index (χ3v) is 3.62. The van der Waals surface area contributed by atoms with E-state index in [9.17, 15) is 0 Å². The summed E-state index contributed by atoms with van der Waals surface area (Å²) in [5.74, 6) is 0.721. The van der Waals surface area contributed by atoms with Gasteiger partial charge in [0.05, 0.1) is 6.61 Å². The minimum absolute atomic E-state index is 0.627. The molecule has 2 heterocycles. The first-order valence-electron chi connectivity index (χ1n) is 5.86. The van der Waals surface area contributed by atoms with Gasteiger partial charge in [-0.1, -0.05) is 18.2 Å². The van der Waals surface area contributed by atoms with E-state index in [2.05, 4.69) is 29.6 Å². The fraction of sp³-hybridized carbons (Fsp3) is 0.538. The molecule has 0 radical (unpaired) electrons. The van der Waals surface area contributed by atoms with Crippen molar-refractivity contribution in [3.8, 4) is 0 Å². The van der Waals surface area contributed by atoms with Crippen molar-refractivity contribution >= 4 is 5.69 Å². The van der Waals surface area contributed by atoms with Crippen LogP contribution >= 0.6 is 0 Å². The number of benzene rings is 1. The van der Waals surface area contributed by atoms with Crippen LogP contribution in [0.1, 0.15) is 18.4 Å². The number of rotatable bonds is 1. The Kier molecular flexibility index (Phi) is 2.37. The molecule has 1 aromatic rings. The number of fused-ring (bicyclic) bond motifs is 1. The van der Waals surface area contributed by atoms with Gasteiger partial charge in [0.25, 0.3) is 0 Å². The summed E-state index contributed by atoms with van der Waals surface area (Å²) >= 11 is 0. The molecule has 80 valence electrons. The maximum atomic E-state index is 5.46. The van der Waals surface area contributed by atoms with Gasteiger partial charge in [0, 0.05) is 24.3 Å². The number of hydrogen-bond donors (Lipinski definition) is 1. The SMILES string of the molecule is c1ccc2c(c1)CCC(C1CCOC1)N2. The highest BCUT2D eigenvalue weighted by atomic mass is 16.5. The lowest BCUT2D eigenvalue weighted by atomic mass is 9.89. The van der Waals surface area contributed by atoms with Crippen LogP contribution < -0.4 is 5.32 Å². The second-order valence-electron chi connectivity index (χ2n) is 4.57. The molecule has 3 rings (SSSR count). The second-order valence-corrected chi connectivity index (χ2v) is 4.57. The predicted molar refractivity (Wildman–Crippen MR) is 61.1 cm³/mol. The summed E-state index contributed by atoms with van der Waals surface area (Å²) in [5, 5.41) is 3.66. The zero-order chi connectivity index (χ0) is 10.1. The van der Waals surface area contributed by atoms with E-state index in [0.29, 0.717) is 6.04 Å². The van der Waals surface area contributed by atoms with Crippen LogP contribution in [0, 0.1) is 5.92 Å². The summed E-state index contributed by atoms with van der Waals surface area (Å²) < 4.78 is 5.46. The van der Waals surface area contributed by atoms with Crippen LogP contribution in [0.5, 0.6) is 0 Å². The van der Waals surface area contributed by atoms with Crippen LogP contribution in [0.3, 0.4) is 0 Å². The molecule has 0 aliphatic carbocycles. The van der Waals surface area contributed by atoms with Crippen molar-refractivity contribution in [3.63, 3.8) is 0 Å². The third-order valence-electron chi connectivity index (χ3n) is 3.62. The first kappa shape index (κ1) is 9.22. The molecule has 0 saturated carbocycles. The first-order valence-corrected chi connectivity index (χ1v) is 5.86. The molecule has 2 heteroatoms. The summed E-state index contributed by atoms with van der Waals surface area (Å²) in [5.41, 5.74) is 2.80. The Balaban J connectivity index is 1.76. The quantitative estimate of drug-likeness (QED) is 0.757. The van der Waals surface area contributed by atoms with E-state index in [1.165, 1.54) is 30.5 Å². The normalized spacial score (nSPS) is 29.6. The van der Waals surface area contributed by atoms with Crippen molar-refractivity contribution in [2.45, 2.75) is 25.3 Å². The summed E-state index contributed by atoms with van der Waals surface area (Å²) in [7, 11) is 0. The Bertz CT molecular complexity index is 344. The predicted octanol–water partition coefficient (Wildman–Crippen LogP) is 2.45. The molecule has 1 aromatic carbocycles. The van der Waals surface area contributed by atoms with Crippen LogP contribution in [-0.4, -0.2) is 19.3 Å². The van der Waals surface area contributed by atoms with Gasteiger partial charge in [-0.05, 0) is 30.9 Å². The standard InChI is InChI=1S/C13H17NO/c1-2-4-12-10(3-1)5-6-13(14-12)11-7-8-15-9-11/h1-4,11,13-14H,5-9H2. The molecule has 1 saturated heterocycles. The summed E-state index contributed by atoms with van der Waals surface area (Å²) in [4.78, 5) is 0. The zero-order valence-corrected chi connectivity index (χ0v) is 8.91. The van der Waals surface area contributed by atoms with E-state index in [0.717, 1.165) is 19.1 Å². The monoisotopic (exact) mass is 203 g/mol. The number of nitrogens with one attached hydrogen (secondary N) is 1. The molecule has 0 bridgehead atoms. The molecule has 0 spiro atoms. The van der Waals surface area contributed by atoms with Gasteiger partial charge in [-0.25, -0.2) is 0 Å². The topological polar surface area (TPSA) is 21.3 Å². The Morgan fingerprint density at radius 2 is 2.13 bits per heavy atom. The van der Waals surface area contributed by atoms with Crippen LogP contribution in [0.2, 0.25) is 0 Å². The second kappa shape index (κ2) is 3.86. The highest BCUT2D eigenvalue weighted by molar-refractivity contribution is 5.53. The number of para-hydroxylation sites is 1. The van der Waals surface area contributed by atoms with Gasteiger partial charge in [0.1, 0.15) is 0 Å². The molecule has 15 heavy (non-hydrogen) atoms. The van der Waals surface area contributed by atoms with Crippen molar-refractivity contribution in [1.82, 2.24) is 0 Å². The lowest BCUT2D eigenvalue weighted by Gasteiger charge is -2.30. The van der Waals surface area contributed by atoms with Gasteiger partial charge in [0.2, 0.25) is 0 Å². The highest BCUT2D eigenvalue weighted by Crippen LogP contribution is 2.30.